The highest BCUT2D eigenvalue weighted by molar-refractivity contribution is 9.08. The fourth-order valence-electron chi connectivity index (χ4n) is 2.61. The maximum atomic E-state index is 12.2. The largest absolute Gasteiger partial charge is 0.396 e. The van der Waals surface area contributed by atoms with Crippen molar-refractivity contribution in [1.29, 1.82) is 0 Å². The Hall–Kier alpha value is -0.870. The SMILES string of the molecule is O=C(NC1CCCCC1CO)c1ccc(CBr)cc1. The van der Waals surface area contributed by atoms with Crippen LogP contribution in [-0.4, -0.2) is 23.7 Å². The fourth-order valence-corrected chi connectivity index (χ4v) is 2.99. The number of amides is 1. The van der Waals surface area contributed by atoms with E-state index in [0.717, 1.165) is 36.6 Å². The lowest BCUT2D eigenvalue weighted by Gasteiger charge is -2.30. The molecule has 2 atom stereocenters. The van der Waals surface area contributed by atoms with Crippen molar-refractivity contribution < 1.29 is 9.90 Å². The van der Waals surface area contributed by atoms with Crippen LogP contribution in [0.3, 0.4) is 0 Å². The number of benzene rings is 1. The van der Waals surface area contributed by atoms with Gasteiger partial charge >= 0.3 is 0 Å². The van der Waals surface area contributed by atoms with Crippen LogP contribution in [0.15, 0.2) is 24.3 Å². The second-order valence-corrected chi connectivity index (χ2v) is 5.70. The summed E-state index contributed by atoms with van der Waals surface area (Å²) in [6.45, 7) is 0.160. The number of carbonyl (C=O) groups excluding carboxylic acids is 1. The van der Waals surface area contributed by atoms with Gasteiger partial charge in [0.25, 0.3) is 5.91 Å². The normalized spacial score (nSPS) is 23.1. The van der Waals surface area contributed by atoms with Gasteiger partial charge in [-0.25, -0.2) is 0 Å². The minimum atomic E-state index is -0.0357. The van der Waals surface area contributed by atoms with Crippen LogP contribution in [0.5, 0.6) is 0 Å². The summed E-state index contributed by atoms with van der Waals surface area (Å²) in [5.74, 6) is 0.172. The number of carbonyl (C=O) groups is 1. The summed E-state index contributed by atoms with van der Waals surface area (Å²) in [4.78, 5) is 12.2. The molecule has 1 amide bonds. The van der Waals surface area contributed by atoms with Gasteiger partial charge in [0.1, 0.15) is 0 Å². The third-order valence-corrected chi connectivity index (χ3v) is 4.48. The first-order chi connectivity index (χ1) is 9.24. The second-order valence-electron chi connectivity index (χ2n) is 5.14. The molecule has 1 aliphatic carbocycles. The van der Waals surface area contributed by atoms with E-state index in [-0.39, 0.29) is 24.5 Å². The van der Waals surface area contributed by atoms with Gasteiger partial charge in [0.2, 0.25) is 0 Å². The zero-order valence-corrected chi connectivity index (χ0v) is 12.5. The van der Waals surface area contributed by atoms with Gasteiger partial charge in [0, 0.05) is 29.5 Å². The number of aliphatic hydroxyl groups is 1. The third kappa shape index (κ3) is 3.80. The highest BCUT2D eigenvalue weighted by atomic mass is 79.9. The van der Waals surface area contributed by atoms with E-state index in [9.17, 15) is 9.90 Å². The van der Waals surface area contributed by atoms with Gasteiger partial charge in [-0.05, 0) is 30.5 Å². The highest BCUT2D eigenvalue weighted by Crippen LogP contribution is 2.24. The summed E-state index contributed by atoms with van der Waals surface area (Å²) in [5.41, 5.74) is 1.84. The monoisotopic (exact) mass is 325 g/mol. The minimum absolute atomic E-state index is 0.0357. The quantitative estimate of drug-likeness (QED) is 0.836. The Labute approximate surface area is 122 Å². The Kier molecular flexibility index (Phi) is 5.40. The summed E-state index contributed by atoms with van der Waals surface area (Å²) in [5, 5.41) is 13.2. The number of aliphatic hydroxyl groups excluding tert-OH is 1. The van der Waals surface area contributed by atoms with Crippen LogP contribution in [0.2, 0.25) is 0 Å². The number of nitrogens with one attached hydrogen (secondary N) is 1. The molecule has 2 unspecified atom stereocenters. The molecule has 1 fully saturated rings. The Morgan fingerprint density at radius 3 is 2.58 bits per heavy atom. The molecule has 0 radical (unpaired) electrons. The molecule has 1 aromatic rings. The third-order valence-electron chi connectivity index (χ3n) is 3.83. The molecule has 2 rings (SSSR count). The second kappa shape index (κ2) is 7.06. The molecule has 1 aromatic carbocycles. The van der Waals surface area contributed by atoms with Crippen molar-refractivity contribution >= 4 is 21.8 Å². The number of hydrogen-bond acceptors (Lipinski definition) is 2. The molecule has 2 N–H and O–H groups in total. The van der Waals surface area contributed by atoms with Crippen molar-refractivity contribution in [3.8, 4) is 0 Å². The minimum Gasteiger partial charge on any atom is -0.396 e. The molecule has 0 aromatic heterocycles. The van der Waals surface area contributed by atoms with Gasteiger partial charge in [0.05, 0.1) is 0 Å². The first kappa shape index (κ1) is 14.5. The van der Waals surface area contributed by atoms with E-state index >= 15 is 0 Å². The van der Waals surface area contributed by atoms with Crippen molar-refractivity contribution in [2.45, 2.75) is 37.1 Å². The molecule has 19 heavy (non-hydrogen) atoms. The molecular formula is C15H20BrNO2. The van der Waals surface area contributed by atoms with E-state index in [4.69, 9.17) is 0 Å². The van der Waals surface area contributed by atoms with Gasteiger partial charge in [-0.15, -0.1) is 0 Å². The zero-order valence-electron chi connectivity index (χ0n) is 10.9. The molecule has 104 valence electrons. The average Bonchev–Trinajstić information content (AvgIpc) is 2.48. The van der Waals surface area contributed by atoms with E-state index in [1.54, 1.807) is 0 Å². The topological polar surface area (TPSA) is 49.3 Å². The van der Waals surface area contributed by atoms with Crippen molar-refractivity contribution in [2.75, 3.05) is 6.61 Å². The molecule has 1 aliphatic rings. The van der Waals surface area contributed by atoms with E-state index in [1.807, 2.05) is 24.3 Å². The highest BCUT2D eigenvalue weighted by Gasteiger charge is 2.25. The van der Waals surface area contributed by atoms with Crippen LogP contribution in [-0.2, 0) is 5.33 Å². The number of alkyl halides is 1. The molecule has 0 aliphatic heterocycles. The lowest BCUT2D eigenvalue weighted by molar-refractivity contribution is 0.0872. The van der Waals surface area contributed by atoms with Gasteiger partial charge in [-0.1, -0.05) is 40.9 Å². The molecule has 0 bridgehead atoms. The van der Waals surface area contributed by atoms with Crippen molar-refractivity contribution in [3.05, 3.63) is 35.4 Å². The average molecular weight is 326 g/mol. The van der Waals surface area contributed by atoms with Gasteiger partial charge in [0.15, 0.2) is 0 Å². The lowest BCUT2D eigenvalue weighted by atomic mass is 9.85. The smallest absolute Gasteiger partial charge is 0.251 e. The Morgan fingerprint density at radius 1 is 1.26 bits per heavy atom. The van der Waals surface area contributed by atoms with Crippen LogP contribution in [0, 0.1) is 5.92 Å². The zero-order chi connectivity index (χ0) is 13.7. The van der Waals surface area contributed by atoms with E-state index in [0.29, 0.717) is 5.56 Å². The summed E-state index contributed by atoms with van der Waals surface area (Å²) in [7, 11) is 0. The summed E-state index contributed by atoms with van der Waals surface area (Å²) >= 11 is 3.39. The van der Waals surface area contributed by atoms with E-state index in [1.165, 1.54) is 0 Å². The van der Waals surface area contributed by atoms with Crippen molar-refractivity contribution in [2.24, 2.45) is 5.92 Å². The summed E-state index contributed by atoms with van der Waals surface area (Å²) in [6.07, 6.45) is 4.25. The van der Waals surface area contributed by atoms with Gasteiger partial charge in [-0.2, -0.15) is 0 Å². The summed E-state index contributed by atoms with van der Waals surface area (Å²) in [6, 6.07) is 7.72. The molecule has 3 nitrogen and oxygen atoms in total. The molecule has 0 saturated heterocycles. The van der Waals surface area contributed by atoms with E-state index < -0.39 is 0 Å². The molecule has 1 saturated carbocycles. The molecule has 0 spiro atoms. The fraction of sp³-hybridized carbons (Fsp3) is 0.533. The predicted molar refractivity (Wildman–Crippen MR) is 79.4 cm³/mol. The number of rotatable bonds is 4. The van der Waals surface area contributed by atoms with Crippen molar-refractivity contribution in [1.82, 2.24) is 5.32 Å². The Morgan fingerprint density at radius 2 is 1.95 bits per heavy atom. The Bertz CT molecular complexity index is 419. The predicted octanol–water partition coefficient (Wildman–Crippen LogP) is 2.86. The van der Waals surface area contributed by atoms with Crippen LogP contribution in [0.4, 0.5) is 0 Å². The first-order valence-electron chi connectivity index (χ1n) is 6.81. The molecular weight excluding hydrogens is 306 g/mol. The molecule has 0 heterocycles. The van der Waals surface area contributed by atoms with Crippen LogP contribution >= 0.6 is 15.9 Å². The van der Waals surface area contributed by atoms with Crippen LogP contribution in [0.25, 0.3) is 0 Å². The van der Waals surface area contributed by atoms with Crippen molar-refractivity contribution in [3.63, 3.8) is 0 Å². The lowest BCUT2D eigenvalue weighted by Crippen LogP contribution is -2.43. The van der Waals surface area contributed by atoms with Gasteiger partial charge in [-0.3, -0.25) is 4.79 Å². The first-order valence-corrected chi connectivity index (χ1v) is 7.93. The van der Waals surface area contributed by atoms with Crippen LogP contribution in [0.1, 0.15) is 41.6 Å². The van der Waals surface area contributed by atoms with Crippen LogP contribution < -0.4 is 5.32 Å². The Balaban J connectivity index is 1.98. The number of halogens is 1. The maximum absolute atomic E-state index is 12.2. The maximum Gasteiger partial charge on any atom is 0.251 e. The van der Waals surface area contributed by atoms with Gasteiger partial charge < -0.3 is 10.4 Å². The molecule has 4 heteroatoms. The number of hydrogen-bond donors (Lipinski definition) is 2. The summed E-state index contributed by atoms with van der Waals surface area (Å²) < 4.78 is 0. The van der Waals surface area contributed by atoms with E-state index in [2.05, 4.69) is 21.2 Å². The standard InChI is InChI=1S/C15H20BrNO2/c16-9-11-5-7-12(8-6-11)15(19)17-14-4-2-1-3-13(14)10-18/h5-8,13-14,18H,1-4,9-10H2,(H,17,19).